The van der Waals surface area contributed by atoms with Crippen molar-refractivity contribution >= 4 is 23.4 Å². The Morgan fingerprint density at radius 3 is 2.17 bits per heavy atom. The van der Waals surface area contributed by atoms with Gasteiger partial charge in [0.2, 0.25) is 0 Å². The first-order valence-corrected chi connectivity index (χ1v) is 13.9. The fourth-order valence-electron chi connectivity index (χ4n) is 4.56. The Balaban J connectivity index is 1.86. The summed E-state index contributed by atoms with van der Waals surface area (Å²) in [5.41, 5.74) is 0.996. The Kier molecular flexibility index (Phi) is 11.6. The van der Waals surface area contributed by atoms with Crippen LogP contribution in [0.2, 0.25) is 5.02 Å². The van der Waals surface area contributed by atoms with E-state index in [2.05, 4.69) is 23.8 Å². The highest BCUT2D eigenvalue weighted by Gasteiger charge is 2.27. The van der Waals surface area contributed by atoms with Crippen LogP contribution < -0.4 is 10.6 Å². The number of benzene rings is 3. The molecule has 0 spiro atoms. The molecule has 42 heavy (non-hydrogen) atoms. The second kappa shape index (κ2) is 14.9. The van der Waals surface area contributed by atoms with Crippen LogP contribution in [0.4, 0.5) is 8.78 Å². The molecular weight excluding hydrogens is 560 g/mol. The smallest absolute Gasteiger partial charge is 0.254 e. The lowest BCUT2D eigenvalue weighted by Crippen LogP contribution is -2.51. The first-order chi connectivity index (χ1) is 19.9. The molecule has 0 heterocycles. The number of carbonyl (C=O) groups is 2. The maximum Gasteiger partial charge on any atom is 0.254 e. The number of halogens is 3. The van der Waals surface area contributed by atoms with Gasteiger partial charge in [0.1, 0.15) is 11.6 Å². The highest BCUT2D eigenvalue weighted by atomic mass is 35.5. The second-order valence-corrected chi connectivity index (χ2v) is 11.0. The van der Waals surface area contributed by atoms with Gasteiger partial charge in [-0.1, -0.05) is 54.1 Å². The molecule has 0 saturated carbocycles. The molecule has 0 aliphatic heterocycles. The molecule has 3 N–H and O–H groups in total. The van der Waals surface area contributed by atoms with Gasteiger partial charge in [-0.25, -0.2) is 8.78 Å². The zero-order valence-corrected chi connectivity index (χ0v) is 24.5. The summed E-state index contributed by atoms with van der Waals surface area (Å²) < 4.78 is 27.9. The molecule has 3 aromatic carbocycles. The lowest BCUT2D eigenvalue weighted by Gasteiger charge is -2.31. The van der Waals surface area contributed by atoms with E-state index in [1.165, 1.54) is 23.1 Å². The van der Waals surface area contributed by atoms with Crippen molar-refractivity contribution in [3.63, 3.8) is 0 Å². The summed E-state index contributed by atoms with van der Waals surface area (Å²) in [5, 5.41) is 17.5. The van der Waals surface area contributed by atoms with Crippen LogP contribution >= 0.6 is 11.6 Å². The molecule has 2 atom stereocenters. The number of hydrogen-bond acceptors (Lipinski definition) is 4. The van der Waals surface area contributed by atoms with Gasteiger partial charge in [-0.05, 0) is 61.7 Å². The summed E-state index contributed by atoms with van der Waals surface area (Å²) in [6.07, 6.45) is 1.94. The van der Waals surface area contributed by atoms with E-state index in [0.717, 1.165) is 23.8 Å². The summed E-state index contributed by atoms with van der Waals surface area (Å²) in [7, 11) is 0. The number of carbonyl (C=O) groups excluding carboxylic acids is 2. The topological polar surface area (TPSA) is 81.7 Å². The molecule has 0 aromatic heterocycles. The molecule has 0 saturated heterocycles. The van der Waals surface area contributed by atoms with E-state index in [1.54, 1.807) is 12.2 Å². The van der Waals surface area contributed by atoms with Crippen molar-refractivity contribution in [1.82, 2.24) is 15.5 Å². The zero-order chi connectivity index (χ0) is 30.9. The molecule has 0 unspecified atom stereocenters. The number of aliphatic hydroxyl groups is 1. The number of rotatable bonds is 14. The van der Waals surface area contributed by atoms with Crippen molar-refractivity contribution in [3.8, 4) is 0 Å². The minimum Gasteiger partial charge on any atom is -0.390 e. The van der Waals surface area contributed by atoms with Crippen molar-refractivity contribution in [2.45, 2.75) is 38.0 Å². The Morgan fingerprint density at radius 2 is 1.57 bits per heavy atom. The van der Waals surface area contributed by atoms with Crippen molar-refractivity contribution in [2.75, 3.05) is 19.6 Å². The van der Waals surface area contributed by atoms with Gasteiger partial charge in [0, 0.05) is 47.4 Å². The molecule has 6 nitrogen and oxygen atoms in total. The van der Waals surface area contributed by atoms with Gasteiger partial charge >= 0.3 is 0 Å². The van der Waals surface area contributed by atoms with Crippen molar-refractivity contribution in [1.29, 1.82) is 0 Å². The van der Waals surface area contributed by atoms with Crippen LogP contribution in [-0.2, 0) is 12.0 Å². The first-order valence-electron chi connectivity index (χ1n) is 13.5. The average molecular weight is 596 g/mol. The third-order valence-corrected chi connectivity index (χ3v) is 7.02. The number of hydrogen-bond donors (Lipinski definition) is 3. The van der Waals surface area contributed by atoms with E-state index in [0.29, 0.717) is 0 Å². The second-order valence-electron chi connectivity index (χ2n) is 10.5. The van der Waals surface area contributed by atoms with E-state index < -0.39 is 35.2 Å². The minimum absolute atomic E-state index is 0.0575. The van der Waals surface area contributed by atoms with E-state index >= 15 is 0 Å². The molecular formula is C33H36ClF2N3O3. The molecule has 0 radical (unpaired) electrons. The van der Waals surface area contributed by atoms with Gasteiger partial charge in [0.05, 0.1) is 12.1 Å². The van der Waals surface area contributed by atoms with Crippen LogP contribution in [0, 0.1) is 11.6 Å². The molecule has 0 fully saturated rings. The lowest BCUT2D eigenvalue weighted by atomic mass is 9.93. The molecule has 2 amide bonds. The number of aliphatic hydroxyl groups excluding tert-OH is 1. The lowest BCUT2D eigenvalue weighted by molar-refractivity contribution is 0.0790. The maximum absolute atomic E-state index is 14.0. The number of nitrogens with one attached hydrogen (secondary N) is 2. The van der Waals surface area contributed by atoms with Crippen molar-refractivity contribution < 1.29 is 23.5 Å². The molecule has 9 heteroatoms. The van der Waals surface area contributed by atoms with Crippen molar-refractivity contribution in [3.05, 3.63) is 131 Å². The third-order valence-electron chi connectivity index (χ3n) is 6.80. The van der Waals surface area contributed by atoms with Crippen molar-refractivity contribution in [2.24, 2.45) is 0 Å². The molecule has 3 rings (SSSR count). The standard InChI is InChI=1S/C33H36ClF2N3O3/c1-5-12-39(13-6-2)32(42)24-17-23(18-26(34)19-24)31(41)38-29(16-22-14-27(35)20-28(36)15-22)30(40)21-37-33(3,4)25-10-8-7-9-11-25/h5-11,14-15,17-20,29-30,37,40H,1-2,12-13,16,21H2,3-4H3,(H,38,41)/t29-,30+/m0/s1. The predicted octanol–water partition coefficient (Wildman–Crippen LogP) is 5.66. The maximum atomic E-state index is 14.0. The summed E-state index contributed by atoms with van der Waals surface area (Å²) >= 11 is 6.29. The van der Waals surface area contributed by atoms with Gasteiger partial charge < -0.3 is 20.6 Å². The van der Waals surface area contributed by atoms with Crippen LogP contribution in [-0.4, -0.2) is 53.6 Å². The summed E-state index contributed by atoms with van der Waals surface area (Å²) in [6, 6.07) is 16.0. The first kappa shape index (κ1) is 32.7. The van der Waals surface area contributed by atoms with E-state index in [9.17, 15) is 23.5 Å². The molecule has 222 valence electrons. The zero-order valence-electron chi connectivity index (χ0n) is 23.7. The van der Waals surface area contributed by atoms with E-state index in [4.69, 9.17) is 11.6 Å². The Morgan fingerprint density at radius 1 is 0.976 bits per heavy atom. The largest absolute Gasteiger partial charge is 0.390 e. The third kappa shape index (κ3) is 9.08. The normalized spacial score (nSPS) is 12.7. The number of nitrogens with zero attached hydrogens (tertiary/aromatic N) is 1. The highest BCUT2D eigenvalue weighted by molar-refractivity contribution is 6.31. The van der Waals surface area contributed by atoms with Crippen LogP contribution in [0.25, 0.3) is 0 Å². The summed E-state index contributed by atoms with van der Waals surface area (Å²) in [4.78, 5) is 28.0. The van der Waals surface area contributed by atoms with Gasteiger partial charge in [-0.15, -0.1) is 13.2 Å². The van der Waals surface area contributed by atoms with E-state index in [-0.39, 0.29) is 53.7 Å². The Hall–Kier alpha value is -3.85. The average Bonchev–Trinajstić information content (AvgIpc) is 2.94. The van der Waals surface area contributed by atoms with Gasteiger partial charge in [0.15, 0.2) is 0 Å². The predicted molar refractivity (Wildman–Crippen MR) is 163 cm³/mol. The minimum atomic E-state index is -1.15. The van der Waals surface area contributed by atoms with Crippen LogP contribution in [0.5, 0.6) is 0 Å². The van der Waals surface area contributed by atoms with Crippen LogP contribution in [0.15, 0.2) is 92.0 Å². The highest BCUT2D eigenvalue weighted by Crippen LogP contribution is 2.21. The monoisotopic (exact) mass is 595 g/mol. The molecule has 0 aliphatic rings. The molecule has 0 bridgehead atoms. The van der Waals surface area contributed by atoms with Crippen LogP contribution in [0.3, 0.4) is 0 Å². The quantitative estimate of drug-likeness (QED) is 0.210. The fraction of sp³-hybridized carbons (Fsp3) is 0.273. The number of amides is 2. The van der Waals surface area contributed by atoms with E-state index in [1.807, 2.05) is 44.2 Å². The van der Waals surface area contributed by atoms with Gasteiger partial charge in [-0.3, -0.25) is 9.59 Å². The molecule has 3 aromatic rings. The summed E-state index contributed by atoms with van der Waals surface area (Å²) in [5.74, 6) is -2.52. The fourth-order valence-corrected chi connectivity index (χ4v) is 4.79. The molecule has 0 aliphatic carbocycles. The van der Waals surface area contributed by atoms with Gasteiger partial charge in [-0.2, -0.15) is 0 Å². The SMILES string of the molecule is C=CCN(CC=C)C(=O)c1cc(Cl)cc(C(=O)N[C@@H](Cc2cc(F)cc(F)c2)[C@H](O)CNC(C)(C)c2ccccc2)c1. The Bertz CT molecular complexity index is 1380. The van der Waals surface area contributed by atoms with Crippen LogP contribution in [0.1, 0.15) is 45.7 Å². The van der Waals surface area contributed by atoms with Gasteiger partial charge in [0.25, 0.3) is 11.8 Å². The Labute approximate surface area is 250 Å². The summed E-state index contributed by atoms with van der Waals surface area (Å²) in [6.45, 7) is 11.8.